The topological polar surface area (TPSA) is 107 Å². The van der Waals surface area contributed by atoms with Crippen molar-refractivity contribution >= 4 is 37.9 Å². The van der Waals surface area contributed by atoms with Crippen LogP contribution >= 0.6 is 11.3 Å². The maximum Gasteiger partial charge on any atom is 0.255 e. The molecule has 28 heavy (non-hydrogen) atoms. The molecule has 142 valence electrons. The molecule has 0 aliphatic carbocycles. The largest absolute Gasteiger partial charge is 0.322 e. The van der Waals surface area contributed by atoms with Gasteiger partial charge in [-0.05, 0) is 43.3 Å². The van der Waals surface area contributed by atoms with Gasteiger partial charge in [-0.3, -0.25) is 9.20 Å². The number of anilines is 1. The first-order chi connectivity index (χ1) is 13.3. The van der Waals surface area contributed by atoms with Gasteiger partial charge in [-0.2, -0.15) is 0 Å². The second-order valence-electron chi connectivity index (χ2n) is 6.26. The molecule has 0 unspecified atom stereocenters. The van der Waals surface area contributed by atoms with Gasteiger partial charge in [0.05, 0.1) is 10.6 Å². The van der Waals surface area contributed by atoms with Gasteiger partial charge in [0.15, 0.2) is 4.96 Å². The van der Waals surface area contributed by atoms with E-state index in [1.54, 1.807) is 23.5 Å². The van der Waals surface area contributed by atoms with Crippen molar-refractivity contribution in [2.24, 2.45) is 5.14 Å². The van der Waals surface area contributed by atoms with Crippen LogP contribution in [-0.4, -0.2) is 23.7 Å². The van der Waals surface area contributed by atoms with Crippen LogP contribution in [-0.2, 0) is 10.0 Å². The summed E-state index contributed by atoms with van der Waals surface area (Å²) in [6.07, 6.45) is 1.99. The molecule has 1 amide bonds. The van der Waals surface area contributed by atoms with Crippen LogP contribution in [0.25, 0.3) is 16.2 Å². The molecule has 2 aromatic carbocycles. The Balaban J connectivity index is 1.50. The quantitative estimate of drug-likeness (QED) is 0.536. The summed E-state index contributed by atoms with van der Waals surface area (Å²) in [5, 5.41) is 9.90. The number of amides is 1. The molecule has 0 radical (unpaired) electrons. The van der Waals surface area contributed by atoms with Crippen molar-refractivity contribution in [1.29, 1.82) is 0 Å². The maximum atomic E-state index is 12.3. The Morgan fingerprint density at radius 1 is 1.11 bits per heavy atom. The summed E-state index contributed by atoms with van der Waals surface area (Å²) in [6.45, 7) is 2.03. The van der Waals surface area contributed by atoms with Crippen molar-refractivity contribution in [3.05, 3.63) is 71.4 Å². The van der Waals surface area contributed by atoms with Crippen molar-refractivity contribution in [3.8, 4) is 11.3 Å². The summed E-state index contributed by atoms with van der Waals surface area (Å²) < 4.78 is 24.6. The number of imidazole rings is 1. The van der Waals surface area contributed by atoms with E-state index in [1.807, 2.05) is 29.7 Å². The number of hydrogen-bond donors (Lipinski definition) is 2. The maximum absolute atomic E-state index is 12.3. The molecule has 2 heterocycles. The van der Waals surface area contributed by atoms with E-state index < -0.39 is 10.0 Å². The standard InChI is InChI=1S/C19H16N4O3S2/c1-12-11-27-19-22-17(10-23(12)19)13-2-6-15(7-3-13)21-18(24)14-4-8-16(9-5-14)28(20,25)26/h2-11H,1H3,(H,21,24)(H2,20,25,26). The van der Waals surface area contributed by atoms with Gasteiger partial charge in [-0.15, -0.1) is 11.3 Å². The van der Waals surface area contributed by atoms with Crippen molar-refractivity contribution in [3.63, 3.8) is 0 Å². The predicted molar refractivity (Wildman–Crippen MR) is 109 cm³/mol. The first-order valence-electron chi connectivity index (χ1n) is 8.29. The lowest BCUT2D eigenvalue weighted by atomic mass is 10.1. The van der Waals surface area contributed by atoms with Crippen molar-refractivity contribution in [2.45, 2.75) is 11.8 Å². The minimum absolute atomic E-state index is 0.0383. The lowest BCUT2D eigenvalue weighted by molar-refractivity contribution is 0.102. The molecule has 4 aromatic rings. The van der Waals surface area contributed by atoms with Gasteiger partial charge in [0, 0.05) is 34.1 Å². The number of nitrogens with zero attached hydrogens (tertiary/aromatic N) is 2. The van der Waals surface area contributed by atoms with Gasteiger partial charge in [0.2, 0.25) is 10.0 Å². The summed E-state index contributed by atoms with van der Waals surface area (Å²) in [4.78, 5) is 17.8. The molecular formula is C19H16N4O3S2. The summed E-state index contributed by atoms with van der Waals surface area (Å²) in [5.74, 6) is -0.341. The van der Waals surface area contributed by atoms with Crippen molar-refractivity contribution < 1.29 is 13.2 Å². The minimum Gasteiger partial charge on any atom is -0.322 e. The number of carbonyl (C=O) groups excluding carboxylic acids is 1. The molecular weight excluding hydrogens is 396 g/mol. The van der Waals surface area contributed by atoms with Crippen LogP contribution < -0.4 is 10.5 Å². The van der Waals surface area contributed by atoms with Crippen LogP contribution in [0.4, 0.5) is 5.69 Å². The normalized spacial score (nSPS) is 11.6. The van der Waals surface area contributed by atoms with Crippen molar-refractivity contribution in [1.82, 2.24) is 9.38 Å². The number of hydrogen-bond acceptors (Lipinski definition) is 5. The average molecular weight is 412 g/mol. The molecule has 0 saturated heterocycles. The highest BCUT2D eigenvalue weighted by Gasteiger charge is 2.11. The summed E-state index contributed by atoms with van der Waals surface area (Å²) >= 11 is 1.59. The molecule has 0 atom stereocenters. The fourth-order valence-corrected chi connectivity index (χ4v) is 4.12. The zero-order valence-electron chi connectivity index (χ0n) is 14.8. The number of nitrogens with one attached hydrogen (secondary N) is 1. The van der Waals surface area contributed by atoms with Crippen LogP contribution in [0.3, 0.4) is 0 Å². The highest BCUT2D eigenvalue weighted by molar-refractivity contribution is 7.89. The average Bonchev–Trinajstić information content (AvgIpc) is 3.24. The molecule has 0 saturated carbocycles. The Bertz CT molecular complexity index is 1270. The van der Waals surface area contributed by atoms with Gasteiger partial charge in [-0.1, -0.05) is 12.1 Å². The van der Waals surface area contributed by atoms with E-state index in [1.165, 1.54) is 24.3 Å². The Kier molecular flexibility index (Phi) is 4.50. The molecule has 0 spiro atoms. The number of primary sulfonamides is 1. The number of nitrogens with two attached hydrogens (primary N) is 1. The van der Waals surface area contributed by atoms with Crippen LogP contribution in [0.2, 0.25) is 0 Å². The van der Waals surface area contributed by atoms with Crippen molar-refractivity contribution in [2.75, 3.05) is 5.32 Å². The zero-order chi connectivity index (χ0) is 19.9. The van der Waals surface area contributed by atoms with Crippen LogP contribution in [0.15, 0.2) is 65.0 Å². The van der Waals surface area contributed by atoms with E-state index in [4.69, 9.17) is 5.14 Å². The molecule has 2 aromatic heterocycles. The van der Waals surface area contributed by atoms with E-state index in [0.717, 1.165) is 21.9 Å². The van der Waals surface area contributed by atoms with E-state index in [2.05, 4.69) is 15.7 Å². The van der Waals surface area contributed by atoms with Gasteiger partial charge in [-0.25, -0.2) is 18.5 Å². The molecule has 9 heteroatoms. The number of carbonyl (C=O) groups is 1. The van der Waals surface area contributed by atoms with Gasteiger partial charge >= 0.3 is 0 Å². The summed E-state index contributed by atoms with van der Waals surface area (Å²) in [5.41, 5.74) is 3.91. The van der Waals surface area contributed by atoms with Gasteiger partial charge < -0.3 is 5.32 Å². The number of sulfonamides is 1. The zero-order valence-corrected chi connectivity index (χ0v) is 16.4. The third-order valence-corrected chi connectivity index (χ3v) is 6.16. The lowest BCUT2D eigenvalue weighted by Crippen LogP contribution is -2.14. The Labute approximate surface area is 165 Å². The SMILES string of the molecule is Cc1csc2nc(-c3ccc(NC(=O)c4ccc(S(N)(=O)=O)cc4)cc3)cn12. The molecule has 0 aliphatic heterocycles. The number of fused-ring (bicyclic) bond motifs is 1. The summed E-state index contributed by atoms with van der Waals surface area (Å²) in [7, 11) is -3.78. The summed E-state index contributed by atoms with van der Waals surface area (Å²) in [6, 6.07) is 12.8. The van der Waals surface area contributed by atoms with E-state index >= 15 is 0 Å². The molecule has 7 nitrogen and oxygen atoms in total. The first-order valence-corrected chi connectivity index (χ1v) is 10.7. The predicted octanol–water partition coefficient (Wildman–Crippen LogP) is 3.27. The second-order valence-corrected chi connectivity index (χ2v) is 8.65. The number of thiazole rings is 1. The van der Waals surface area contributed by atoms with Crippen LogP contribution in [0.1, 0.15) is 16.1 Å². The first kappa shape index (κ1) is 18.4. The van der Waals surface area contributed by atoms with Crippen LogP contribution in [0.5, 0.6) is 0 Å². The number of rotatable bonds is 4. The van der Waals surface area contributed by atoms with Gasteiger partial charge in [0.1, 0.15) is 0 Å². The van der Waals surface area contributed by atoms with E-state index in [9.17, 15) is 13.2 Å². The monoisotopic (exact) mass is 412 g/mol. The smallest absolute Gasteiger partial charge is 0.255 e. The number of benzene rings is 2. The Hall–Kier alpha value is -3.01. The molecule has 0 fully saturated rings. The highest BCUT2D eigenvalue weighted by Crippen LogP contribution is 2.24. The Morgan fingerprint density at radius 2 is 1.79 bits per heavy atom. The molecule has 3 N–H and O–H groups in total. The fourth-order valence-electron chi connectivity index (χ4n) is 2.76. The number of aryl methyl sites for hydroxylation is 1. The third kappa shape index (κ3) is 3.55. The van der Waals surface area contributed by atoms with E-state index in [0.29, 0.717) is 11.3 Å². The highest BCUT2D eigenvalue weighted by atomic mass is 32.2. The minimum atomic E-state index is -3.78. The lowest BCUT2D eigenvalue weighted by Gasteiger charge is -2.07. The van der Waals surface area contributed by atoms with Gasteiger partial charge in [0.25, 0.3) is 5.91 Å². The van der Waals surface area contributed by atoms with E-state index in [-0.39, 0.29) is 10.8 Å². The molecule has 0 aliphatic rings. The second kappa shape index (κ2) is 6.86. The number of aromatic nitrogens is 2. The fraction of sp³-hybridized carbons (Fsp3) is 0.0526. The Morgan fingerprint density at radius 3 is 2.39 bits per heavy atom. The third-order valence-electron chi connectivity index (χ3n) is 4.27. The molecule has 4 rings (SSSR count). The van der Waals surface area contributed by atoms with Crippen LogP contribution in [0, 0.1) is 6.92 Å². The molecule has 0 bridgehead atoms.